The second-order valence-corrected chi connectivity index (χ2v) is 8.90. The molecule has 2 rings (SSSR count). The van der Waals surface area contributed by atoms with Gasteiger partial charge in [0.05, 0.1) is 7.11 Å². The van der Waals surface area contributed by atoms with Crippen molar-refractivity contribution in [2.75, 3.05) is 7.11 Å². The van der Waals surface area contributed by atoms with E-state index >= 15 is 0 Å². The fourth-order valence-electron chi connectivity index (χ4n) is 3.13. The molecule has 0 radical (unpaired) electrons. The highest BCUT2D eigenvalue weighted by Crippen LogP contribution is 2.25. The zero-order valence-electron chi connectivity index (χ0n) is 17.4. The third kappa shape index (κ3) is 6.58. The lowest BCUT2D eigenvalue weighted by Gasteiger charge is -2.22. The van der Waals surface area contributed by atoms with Crippen LogP contribution in [0.25, 0.3) is 0 Å². The van der Waals surface area contributed by atoms with Gasteiger partial charge in [0.2, 0.25) is 15.9 Å². The van der Waals surface area contributed by atoms with Gasteiger partial charge in [0.1, 0.15) is 16.7 Å². The fourth-order valence-corrected chi connectivity index (χ4v) is 4.58. The number of rotatable bonds is 10. The van der Waals surface area contributed by atoms with E-state index in [2.05, 4.69) is 10.0 Å². The normalized spacial score (nSPS) is 13.5. The first-order valence-electron chi connectivity index (χ1n) is 9.78. The Morgan fingerprint density at radius 2 is 1.83 bits per heavy atom. The Labute approximate surface area is 173 Å². The minimum absolute atomic E-state index is 0.0208. The molecule has 0 heterocycles. The van der Waals surface area contributed by atoms with Crippen molar-refractivity contribution in [2.45, 2.75) is 57.0 Å². The number of nitrogens with one attached hydrogen (secondary N) is 2. The summed E-state index contributed by atoms with van der Waals surface area (Å²) in [5.74, 6) is -0.105. The third-order valence-corrected chi connectivity index (χ3v) is 6.11. The minimum atomic E-state index is -3.97. The summed E-state index contributed by atoms with van der Waals surface area (Å²) in [6.45, 7) is 5.76. The average molecular weight is 419 g/mol. The molecule has 0 spiro atoms. The van der Waals surface area contributed by atoms with E-state index < -0.39 is 16.1 Å². The highest BCUT2D eigenvalue weighted by molar-refractivity contribution is 7.89. The quantitative estimate of drug-likeness (QED) is 0.621. The van der Waals surface area contributed by atoms with Crippen LogP contribution >= 0.6 is 0 Å². The summed E-state index contributed by atoms with van der Waals surface area (Å²) in [6.07, 6.45) is 2.00. The van der Waals surface area contributed by atoms with E-state index in [1.54, 1.807) is 25.1 Å². The molecule has 158 valence electrons. The smallest absolute Gasteiger partial charge is 0.244 e. The molecule has 0 aliphatic carbocycles. The van der Waals surface area contributed by atoms with Crippen molar-refractivity contribution in [3.63, 3.8) is 0 Å². The number of amides is 1. The molecule has 29 heavy (non-hydrogen) atoms. The number of sulfonamides is 1. The molecule has 7 heteroatoms. The molecule has 0 aliphatic heterocycles. The topological polar surface area (TPSA) is 84.5 Å². The summed E-state index contributed by atoms with van der Waals surface area (Å²) in [5.41, 5.74) is 1.65. The average Bonchev–Trinajstić information content (AvgIpc) is 2.68. The van der Waals surface area contributed by atoms with Crippen molar-refractivity contribution in [1.82, 2.24) is 10.0 Å². The van der Waals surface area contributed by atoms with Crippen molar-refractivity contribution < 1.29 is 17.9 Å². The number of hydrogen-bond acceptors (Lipinski definition) is 4. The lowest BCUT2D eigenvalue weighted by molar-refractivity contribution is -0.123. The van der Waals surface area contributed by atoms with Crippen molar-refractivity contribution in [3.05, 3.63) is 59.7 Å². The molecule has 2 atom stereocenters. The lowest BCUT2D eigenvalue weighted by Crippen LogP contribution is -2.50. The van der Waals surface area contributed by atoms with Crippen LogP contribution in [-0.4, -0.2) is 33.5 Å². The van der Waals surface area contributed by atoms with Gasteiger partial charge in [-0.05, 0) is 49.9 Å². The van der Waals surface area contributed by atoms with Crippen molar-refractivity contribution in [3.8, 4) is 5.75 Å². The van der Waals surface area contributed by atoms with E-state index in [1.807, 2.05) is 44.2 Å². The Morgan fingerprint density at radius 3 is 2.45 bits per heavy atom. The number of carbonyl (C=O) groups is 1. The predicted molar refractivity (Wildman–Crippen MR) is 114 cm³/mol. The van der Waals surface area contributed by atoms with Crippen LogP contribution in [0.1, 0.15) is 37.8 Å². The van der Waals surface area contributed by atoms with E-state index in [9.17, 15) is 13.2 Å². The molecule has 0 saturated heterocycles. The maximum absolute atomic E-state index is 13.1. The zero-order valence-corrected chi connectivity index (χ0v) is 18.3. The zero-order chi connectivity index (χ0) is 21.4. The number of hydrogen-bond donors (Lipinski definition) is 2. The third-order valence-electron chi connectivity index (χ3n) is 4.62. The summed E-state index contributed by atoms with van der Waals surface area (Å²) in [6, 6.07) is 13.3. The number of aryl methyl sites for hydroxylation is 1. The number of methoxy groups -OCH3 is 1. The van der Waals surface area contributed by atoms with Crippen LogP contribution in [0, 0.1) is 6.92 Å². The van der Waals surface area contributed by atoms with Gasteiger partial charge >= 0.3 is 0 Å². The molecule has 0 unspecified atom stereocenters. The van der Waals surface area contributed by atoms with Crippen LogP contribution in [0.3, 0.4) is 0 Å². The van der Waals surface area contributed by atoms with Crippen LogP contribution in [0.5, 0.6) is 5.75 Å². The molecule has 0 aliphatic rings. The van der Waals surface area contributed by atoms with Crippen molar-refractivity contribution in [1.29, 1.82) is 0 Å². The van der Waals surface area contributed by atoms with Gasteiger partial charge in [-0.3, -0.25) is 4.79 Å². The van der Waals surface area contributed by atoms with Gasteiger partial charge in [-0.2, -0.15) is 4.72 Å². The first-order valence-corrected chi connectivity index (χ1v) is 11.3. The van der Waals surface area contributed by atoms with Crippen molar-refractivity contribution >= 4 is 15.9 Å². The predicted octanol–water partition coefficient (Wildman–Crippen LogP) is 3.20. The monoisotopic (exact) mass is 418 g/mol. The second kappa shape index (κ2) is 10.4. The standard InChI is InChI=1S/C22H30N2O4S/c1-5-9-17(3)23-22(25)19(15-18-10-7-6-8-11-18)24-29(26,27)21-14-16(2)12-13-20(21)28-4/h6-8,10-14,17,19,24H,5,9,15H2,1-4H3,(H,23,25)/t17-,19-/m1/s1. The number of ether oxygens (including phenoxy) is 1. The van der Waals surface area contributed by atoms with Gasteiger partial charge < -0.3 is 10.1 Å². The molecule has 2 aromatic rings. The highest BCUT2D eigenvalue weighted by Gasteiger charge is 2.28. The molecule has 0 saturated carbocycles. The molecule has 2 N–H and O–H groups in total. The first kappa shape index (κ1) is 22.9. The Morgan fingerprint density at radius 1 is 1.14 bits per heavy atom. The van der Waals surface area contributed by atoms with E-state index in [-0.39, 0.29) is 29.0 Å². The summed E-state index contributed by atoms with van der Waals surface area (Å²) in [7, 11) is -2.55. The molecule has 0 aromatic heterocycles. The summed E-state index contributed by atoms with van der Waals surface area (Å²) >= 11 is 0. The highest BCUT2D eigenvalue weighted by atomic mass is 32.2. The SMILES string of the molecule is CCC[C@@H](C)NC(=O)[C@@H](Cc1ccccc1)NS(=O)(=O)c1cc(C)ccc1OC. The maximum Gasteiger partial charge on any atom is 0.244 e. The second-order valence-electron chi connectivity index (χ2n) is 7.22. The van der Waals surface area contributed by atoms with E-state index in [0.717, 1.165) is 24.0 Å². The summed E-state index contributed by atoms with van der Waals surface area (Å²) in [4.78, 5) is 12.9. The molecular formula is C22H30N2O4S. The van der Waals surface area contributed by atoms with Crippen LogP contribution in [0.15, 0.2) is 53.4 Å². The lowest BCUT2D eigenvalue weighted by atomic mass is 10.1. The fraction of sp³-hybridized carbons (Fsp3) is 0.409. The van der Waals surface area contributed by atoms with Crippen LogP contribution in [0.4, 0.5) is 0 Å². The Kier molecular flexibility index (Phi) is 8.22. The van der Waals surface area contributed by atoms with E-state index in [0.29, 0.717) is 0 Å². The van der Waals surface area contributed by atoms with E-state index in [1.165, 1.54) is 7.11 Å². The van der Waals surface area contributed by atoms with Gasteiger partial charge in [-0.15, -0.1) is 0 Å². The van der Waals surface area contributed by atoms with Crippen LogP contribution in [0.2, 0.25) is 0 Å². The van der Waals surface area contributed by atoms with Gasteiger partial charge in [0.15, 0.2) is 0 Å². The van der Waals surface area contributed by atoms with Crippen LogP contribution < -0.4 is 14.8 Å². The number of carbonyl (C=O) groups excluding carboxylic acids is 1. The molecule has 0 fully saturated rings. The Bertz CT molecular complexity index is 914. The molecule has 2 aromatic carbocycles. The van der Waals surface area contributed by atoms with Gasteiger partial charge in [-0.25, -0.2) is 8.42 Å². The molecule has 6 nitrogen and oxygen atoms in total. The molecule has 1 amide bonds. The van der Waals surface area contributed by atoms with Crippen molar-refractivity contribution in [2.24, 2.45) is 0 Å². The van der Waals surface area contributed by atoms with Crippen LogP contribution in [-0.2, 0) is 21.2 Å². The number of benzene rings is 2. The molecule has 0 bridgehead atoms. The van der Waals surface area contributed by atoms with Gasteiger partial charge in [-0.1, -0.05) is 49.7 Å². The summed E-state index contributed by atoms with van der Waals surface area (Å²) < 4.78 is 34.0. The van der Waals surface area contributed by atoms with E-state index in [4.69, 9.17) is 4.74 Å². The van der Waals surface area contributed by atoms with Gasteiger partial charge in [0, 0.05) is 6.04 Å². The molecular weight excluding hydrogens is 388 g/mol. The Balaban J connectivity index is 2.32. The summed E-state index contributed by atoms with van der Waals surface area (Å²) in [5, 5.41) is 2.92. The largest absolute Gasteiger partial charge is 0.495 e. The Hall–Kier alpha value is -2.38. The maximum atomic E-state index is 13.1. The minimum Gasteiger partial charge on any atom is -0.495 e. The first-order chi connectivity index (χ1) is 13.8. The van der Waals surface area contributed by atoms with Gasteiger partial charge in [0.25, 0.3) is 0 Å².